The second-order valence-corrected chi connectivity index (χ2v) is 10.9. The molecule has 186 valence electrons. The summed E-state index contributed by atoms with van der Waals surface area (Å²) in [4.78, 5) is 35.5. The van der Waals surface area contributed by atoms with Crippen molar-refractivity contribution in [3.8, 4) is 5.69 Å². The Morgan fingerprint density at radius 2 is 1.71 bits per heavy atom. The molecule has 2 saturated heterocycles. The van der Waals surface area contributed by atoms with Crippen LogP contribution in [0.2, 0.25) is 0 Å². The molecule has 1 aromatic carbocycles. The molecule has 5 rings (SSSR count). The summed E-state index contributed by atoms with van der Waals surface area (Å²) >= 11 is 0. The number of aliphatic hydroxyl groups is 1. The minimum atomic E-state index is -1.07. The lowest BCUT2D eigenvalue weighted by Crippen LogP contribution is -2.53. The van der Waals surface area contributed by atoms with Gasteiger partial charge in [-0.2, -0.15) is 5.10 Å². The van der Waals surface area contributed by atoms with Crippen molar-refractivity contribution in [2.24, 2.45) is 5.41 Å². The van der Waals surface area contributed by atoms with Crippen molar-refractivity contribution >= 4 is 22.8 Å². The number of hydrogen-bond donors (Lipinski definition) is 1. The SMILES string of the molecule is CN(C)C(=O)N1CCC(O)(Cn2cnc3c(cnn3-c3ccc(N4CC(C)(C)C4)cc3)c2=O)CC1. The number of likely N-dealkylation sites (tertiary alicyclic amines) is 1. The molecular weight excluding hydrogens is 446 g/mol. The Hall–Kier alpha value is -3.40. The molecule has 2 aromatic heterocycles. The van der Waals surface area contributed by atoms with E-state index in [1.807, 2.05) is 12.1 Å². The zero-order valence-corrected chi connectivity index (χ0v) is 20.8. The fourth-order valence-corrected chi connectivity index (χ4v) is 5.10. The van der Waals surface area contributed by atoms with E-state index in [1.165, 1.54) is 27.7 Å². The first-order valence-corrected chi connectivity index (χ1v) is 12.0. The van der Waals surface area contributed by atoms with Gasteiger partial charge in [-0.05, 0) is 42.5 Å². The normalized spacial score (nSPS) is 19.0. The molecule has 0 saturated carbocycles. The van der Waals surface area contributed by atoms with Gasteiger partial charge in [0.25, 0.3) is 5.56 Å². The number of piperidine rings is 1. The van der Waals surface area contributed by atoms with Gasteiger partial charge in [-0.1, -0.05) is 13.8 Å². The van der Waals surface area contributed by atoms with Gasteiger partial charge in [-0.3, -0.25) is 9.36 Å². The maximum atomic E-state index is 13.2. The van der Waals surface area contributed by atoms with Crippen molar-refractivity contribution in [2.45, 2.75) is 38.8 Å². The fourth-order valence-electron chi connectivity index (χ4n) is 5.10. The van der Waals surface area contributed by atoms with E-state index in [2.05, 4.69) is 41.0 Å². The number of benzene rings is 1. The molecule has 2 amide bonds. The van der Waals surface area contributed by atoms with Crippen LogP contribution in [-0.4, -0.2) is 86.1 Å². The molecule has 0 spiro atoms. The maximum Gasteiger partial charge on any atom is 0.319 e. The smallest absolute Gasteiger partial charge is 0.319 e. The average Bonchev–Trinajstić information content (AvgIpc) is 3.24. The number of hydrogen-bond acceptors (Lipinski definition) is 6. The van der Waals surface area contributed by atoms with Gasteiger partial charge in [0.1, 0.15) is 11.7 Å². The first kappa shape index (κ1) is 23.3. The van der Waals surface area contributed by atoms with E-state index in [0.29, 0.717) is 42.4 Å². The molecule has 2 fully saturated rings. The van der Waals surface area contributed by atoms with Crippen molar-refractivity contribution in [3.63, 3.8) is 0 Å². The molecule has 2 aliphatic heterocycles. The van der Waals surface area contributed by atoms with Crippen molar-refractivity contribution in [1.29, 1.82) is 0 Å². The third-order valence-electron chi connectivity index (χ3n) is 7.06. The van der Waals surface area contributed by atoms with Crippen LogP contribution < -0.4 is 10.5 Å². The molecule has 35 heavy (non-hydrogen) atoms. The van der Waals surface area contributed by atoms with E-state index >= 15 is 0 Å². The molecule has 0 radical (unpaired) electrons. The lowest BCUT2D eigenvalue weighted by Gasteiger charge is -2.47. The Balaban J connectivity index is 1.32. The highest BCUT2D eigenvalue weighted by Gasteiger charge is 2.36. The second-order valence-electron chi connectivity index (χ2n) is 10.9. The van der Waals surface area contributed by atoms with Gasteiger partial charge in [-0.15, -0.1) is 0 Å². The number of amides is 2. The summed E-state index contributed by atoms with van der Waals surface area (Å²) in [7, 11) is 3.43. The molecule has 0 aliphatic carbocycles. The first-order valence-electron chi connectivity index (χ1n) is 12.0. The van der Waals surface area contributed by atoms with Crippen LogP contribution >= 0.6 is 0 Å². The minimum Gasteiger partial charge on any atom is -0.388 e. The summed E-state index contributed by atoms with van der Waals surface area (Å²) in [6.07, 6.45) is 3.82. The Labute approximate surface area is 204 Å². The monoisotopic (exact) mass is 479 g/mol. The van der Waals surface area contributed by atoms with Crippen LogP contribution in [0.3, 0.4) is 0 Å². The number of urea groups is 1. The van der Waals surface area contributed by atoms with Gasteiger partial charge in [0, 0.05) is 46.0 Å². The average molecular weight is 480 g/mol. The molecule has 0 bridgehead atoms. The Bertz CT molecular complexity index is 1290. The van der Waals surface area contributed by atoms with Crippen LogP contribution in [0.4, 0.5) is 10.5 Å². The van der Waals surface area contributed by atoms with Gasteiger partial charge < -0.3 is 19.8 Å². The summed E-state index contributed by atoms with van der Waals surface area (Å²) in [5.41, 5.74) is 1.55. The predicted molar refractivity (Wildman–Crippen MR) is 134 cm³/mol. The van der Waals surface area contributed by atoms with Crippen LogP contribution in [0.1, 0.15) is 26.7 Å². The van der Waals surface area contributed by atoms with E-state index in [4.69, 9.17) is 0 Å². The molecule has 10 nitrogen and oxygen atoms in total. The van der Waals surface area contributed by atoms with Gasteiger partial charge in [0.2, 0.25) is 0 Å². The Morgan fingerprint density at radius 1 is 1.09 bits per heavy atom. The van der Waals surface area contributed by atoms with Gasteiger partial charge in [-0.25, -0.2) is 14.5 Å². The summed E-state index contributed by atoms with van der Waals surface area (Å²) < 4.78 is 3.12. The van der Waals surface area contributed by atoms with Crippen LogP contribution in [0.25, 0.3) is 16.7 Å². The molecule has 3 aromatic rings. The largest absolute Gasteiger partial charge is 0.388 e. The topological polar surface area (TPSA) is 99.7 Å². The van der Waals surface area contributed by atoms with Crippen LogP contribution in [0.5, 0.6) is 0 Å². The van der Waals surface area contributed by atoms with E-state index in [1.54, 1.807) is 23.7 Å². The van der Waals surface area contributed by atoms with E-state index < -0.39 is 5.60 Å². The number of carbonyl (C=O) groups is 1. The zero-order chi connectivity index (χ0) is 25.0. The predicted octanol–water partition coefficient (Wildman–Crippen LogP) is 1.94. The lowest BCUT2D eigenvalue weighted by molar-refractivity contribution is -0.0282. The summed E-state index contributed by atoms with van der Waals surface area (Å²) in [6, 6.07) is 8.06. The van der Waals surface area contributed by atoms with Crippen LogP contribution in [0, 0.1) is 5.41 Å². The number of rotatable bonds is 4. The number of anilines is 1. The Kier molecular flexibility index (Phi) is 5.58. The molecule has 4 heterocycles. The van der Waals surface area contributed by atoms with Crippen LogP contribution in [0.15, 0.2) is 41.6 Å². The van der Waals surface area contributed by atoms with E-state index in [9.17, 15) is 14.7 Å². The number of carbonyl (C=O) groups excluding carboxylic acids is 1. The zero-order valence-electron chi connectivity index (χ0n) is 20.8. The fraction of sp³-hybridized carbons (Fsp3) is 0.520. The van der Waals surface area contributed by atoms with Crippen molar-refractivity contribution in [3.05, 3.63) is 47.1 Å². The van der Waals surface area contributed by atoms with Gasteiger partial charge in [0.05, 0.1) is 24.0 Å². The first-order chi connectivity index (χ1) is 16.6. The quantitative estimate of drug-likeness (QED) is 0.614. The van der Waals surface area contributed by atoms with Gasteiger partial charge >= 0.3 is 6.03 Å². The highest BCUT2D eigenvalue weighted by Crippen LogP contribution is 2.33. The number of fused-ring (bicyclic) bond motifs is 1. The molecule has 10 heteroatoms. The number of nitrogens with zero attached hydrogens (tertiary/aromatic N) is 7. The molecule has 0 unspecified atom stereocenters. The van der Waals surface area contributed by atoms with Crippen molar-refractivity contribution in [2.75, 3.05) is 45.2 Å². The highest BCUT2D eigenvalue weighted by molar-refractivity contribution is 5.75. The summed E-state index contributed by atoms with van der Waals surface area (Å²) in [5.74, 6) is 0. The van der Waals surface area contributed by atoms with Crippen LogP contribution in [-0.2, 0) is 6.54 Å². The second kappa shape index (κ2) is 8.37. The molecule has 2 aliphatic rings. The standard InChI is InChI=1S/C25H33N7O3/c1-24(2)14-30(15-24)18-5-7-19(8-6-18)32-21-20(13-27-32)22(33)31(17-26-21)16-25(35)9-11-29(12-10-25)23(34)28(3)4/h5-8,13,17,35H,9-12,14-16H2,1-4H3. The molecule has 1 N–H and O–H groups in total. The Morgan fingerprint density at radius 3 is 2.31 bits per heavy atom. The summed E-state index contributed by atoms with van der Waals surface area (Å²) in [6.45, 7) is 7.62. The molecule has 0 atom stereocenters. The van der Waals surface area contributed by atoms with Crippen molar-refractivity contribution < 1.29 is 9.90 Å². The van der Waals surface area contributed by atoms with Gasteiger partial charge in [0.15, 0.2) is 5.65 Å². The maximum absolute atomic E-state index is 13.2. The lowest BCUT2D eigenvalue weighted by atomic mass is 9.84. The highest BCUT2D eigenvalue weighted by atomic mass is 16.3. The van der Waals surface area contributed by atoms with E-state index in [0.717, 1.165) is 18.8 Å². The summed E-state index contributed by atoms with van der Waals surface area (Å²) in [5, 5.41) is 15.9. The van der Waals surface area contributed by atoms with E-state index in [-0.39, 0.29) is 18.1 Å². The molecular formula is C25H33N7O3. The number of aromatic nitrogens is 4. The minimum absolute atomic E-state index is 0.0681. The third kappa shape index (κ3) is 4.38. The third-order valence-corrected chi connectivity index (χ3v) is 7.06. The van der Waals surface area contributed by atoms with Crippen molar-refractivity contribution in [1.82, 2.24) is 29.1 Å².